The van der Waals surface area contributed by atoms with Crippen LogP contribution >= 0.6 is 0 Å². The third kappa shape index (κ3) is 4.64. The average molecular weight is 316 g/mol. The van der Waals surface area contributed by atoms with Crippen LogP contribution in [0.5, 0.6) is 0 Å². The summed E-state index contributed by atoms with van der Waals surface area (Å²) >= 11 is 0. The topological polar surface area (TPSA) is 63.4 Å². The summed E-state index contributed by atoms with van der Waals surface area (Å²) in [5, 5.41) is 0. The van der Waals surface area contributed by atoms with Gasteiger partial charge in [-0.05, 0) is 30.4 Å². The number of carbonyl (C=O) groups is 2. The minimum Gasteiger partial charge on any atom is -0.342 e. The van der Waals surface area contributed by atoms with Crippen molar-refractivity contribution in [2.75, 3.05) is 19.6 Å². The third-order valence-corrected chi connectivity index (χ3v) is 4.78. The number of carbonyl (C=O) groups excluding carboxylic acids is 2. The van der Waals surface area contributed by atoms with Gasteiger partial charge in [-0.25, -0.2) is 0 Å². The number of ketones is 1. The van der Waals surface area contributed by atoms with E-state index in [9.17, 15) is 9.59 Å². The van der Waals surface area contributed by atoms with E-state index in [0.717, 1.165) is 25.8 Å². The molecule has 1 atom stereocenters. The smallest absolute Gasteiger partial charge is 0.223 e. The summed E-state index contributed by atoms with van der Waals surface area (Å²) in [5.41, 5.74) is 7.75. The first kappa shape index (κ1) is 17.7. The molecule has 1 unspecified atom stereocenters. The molecular weight excluding hydrogens is 288 g/mol. The molecule has 4 heteroatoms. The largest absolute Gasteiger partial charge is 0.342 e. The maximum atomic E-state index is 12.3. The summed E-state index contributed by atoms with van der Waals surface area (Å²) < 4.78 is 0. The summed E-state index contributed by atoms with van der Waals surface area (Å²) in [7, 11) is 0. The van der Waals surface area contributed by atoms with Crippen molar-refractivity contribution in [1.29, 1.82) is 0 Å². The summed E-state index contributed by atoms with van der Waals surface area (Å²) in [4.78, 5) is 26.3. The second kappa shape index (κ2) is 7.73. The lowest BCUT2D eigenvalue weighted by Gasteiger charge is -2.22. The highest BCUT2D eigenvalue weighted by atomic mass is 16.2. The zero-order valence-electron chi connectivity index (χ0n) is 14.3. The molecule has 1 amide bonds. The van der Waals surface area contributed by atoms with Crippen molar-refractivity contribution >= 4 is 11.7 Å². The Morgan fingerprint density at radius 1 is 1.22 bits per heavy atom. The molecule has 1 aliphatic heterocycles. The number of rotatable bonds is 7. The Morgan fingerprint density at radius 2 is 1.91 bits per heavy atom. The van der Waals surface area contributed by atoms with Crippen molar-refractivity contribution in [3.63, 3.8) is 0 Å². The van der Waals surface area contributed by atoms with Gasteiger partial charge in [0.1, 0.15) is 0 Å². The van der Waals surface area contributed by atoms with E-state index in [1.165, 1.54) is 5.56 Å². The van der Waals surface area contributed by atoms with Crippen LogP contribution in [0.15, 0.2) is 24.3 Å². The van der Waals surface area contributed by atoms with E-state index in [4.69, 9.17) is 5.73 Å². The summed E-state index contributed by atoms with van der Waals surface area (Å²) in [6.07, 6.45) is 3.64. The number of hydrogen-bond donors (Lipinski definition) is 1. The van der Waals surface area contributed by atoms with Gasteiger partial charge in [-0.15, -0.1) is 0 Å². The first-order valence-corrected chi connectivity index (χ1v) is 8.57. The standard InChI is InChI=1S/C19H28N2O2/c1-3-4-15-5-7-16(8-6-15)17(22)9-10-18(23)21-12-11-19(2,13-20)14-21/h5-8H,3-4,9-14,20H2,1-2H3. The van der Waals surface area contributed by atoms with Gasteiger partial charge in [-0.3, -0.25) is 9.59 Å². The summed E-state index contributed by atoms with van der Waals surface area (Å²) in [5.74, 6) is 0.111. The third-order valence-electron chi connectivity index (χ3n) is 4.78. The Balaban J connectivity index is 1.83. The van der Waals surface area contributed by atoms with E-state index in [2.05, 4.69) is 13.8 Å². The van der Waals surface area contributed by atoms with E-state index < -0.39 is 0 Å². The predicted molar refractivity (Wildman–Crippen MR) is 92.4 cm³/mol. The average Bonchev–Trinajstić information content (AvgIpc) is 2.96. The molecule has 0 aromatic heterocycles. The summed E-state index contributed by atoms with van der Waals surface area (Å²) in [6, 6.07) is 7.76. The van der Waals surface area contributed by atoms with Crippen LogP contribution in [0.3, 0.4) is 0 Å². The van der Waals surface area contributed by atoms with Crippen molar-refractivity contribution < 1.29 is 9.59 Å². The molecule has 1 fully saturated rings. The van der Waals surface area contributed by atoms with Crippen molar-refractivity contribution in [2.45, 2.75) is 46.0 Å². The number of nitrogens with two attached hydrogens (primary N) is 1. The lowest BCUT2D eigenvalue weighted by Crippen LogP contribution is -2.34. The Morgan fingerprint density at radius 3 is 2.48 bits per heavy atom. The molecule has 0 bridgehead atoms. The second-order valence-corrected chi connectivity index (χ2v) is 6.95. The number of amides is 1. The van der Waals surface area contributed by atoms with Crippen LogP contribution < -0.4 is 5.73 Å². The Hall–Kier alpha value is -1.68. The molecule has 1 aromatic carbocycles. The normalized spacial score (nSPS) is 20.7. The van der Waals surface area contributed by atoms with Crippen molar-refractivity contribution in [2.24, 2.45) is 11.1 Å². The first-order chi connectivity index (χ1) is 11.0. The Labute approximate surface area is 139 Å². The van der Waals surface area contributed by atoms with Crippen LogP contribution in [0.2, 0.25) is 0 Å². The van der Waals surface area contributed by atoms with Gasteiger partial charge in [0.25, 0.3) is 0 Å². The molecule has 0 saturated carbocycles. The molecule has 0 aliphatic carbocycles. The molecule has 4 nitrogen and oxygen atoms in total. The monoisotopic (exact) mass is 316 g/mol. The van der Waals surface area contributed by atoms with Crippen molar-refractivity contribution in [1.82, 2.24) is 4.90 Å². The van der Waals surface area contributed by atoms with E-state index in [1.807, 2.05) is 29.2 Å². The van der Waals surface area contributed by atoms with Gasteiger partial charge in [-0.2, -0.15) is 0 Å². The fourth-order valence-electron chi connectivity index (χ4n) is 3.07. The van der Waals surface area contributed by atoms with E-state index in [1.54, 1.807) is 0 Å². The highest BCUT2D eigenvalue weighted by Crippen LogP contribution is 2.29. The summed E-state index contributed by atoms with van der Waals surface area (Å²) in [6.45, 7) is 6.32. The number of nitrogens with zero attached hydrogens (tertiary/aromatic N) is 1. The highest BCUT2D eigenvalue weighted by molar-refractivity contribution is 5.98. The SMILES string of the molecule is CCCc1ccc(C(=O)CCC(=O)N2CCC(C)(CN)C2)cc1. The van der Waals surface area contributed by atoms with Crippen LogP contribution in [-0.2, 0) is 11.2 Å². The second-order valence-electron chi connectivity index (χ2n) is 6.95. The van der Waals surface area contributed by atoms with Gasteiger partial charge in [-0.1, -0.05) is 44.5 Å². The van der Waals surface area contributed by atoms with Gasteiger partial charge in [0.15, 0.2) is 5.78 Å². The van der Waals surface area contributed by atoms with Crippen molar-refractivity contribution in [3.05, 3.63) is 35.4 Å². The number of hydrogen-bond acceptors (Lipinski definition) is 3. The first-order valence-electron chi connectivity index (χ1n) is 8.57. The molecule has 1 saturated heterocycles. The molecule has 1 heterocycles. The van der Waals surface area contributed by atoms with E-state index in [-0.39, 0.29) is 29.9 Å². The lowest BCUT2D eigenvalue weighted by molar-refractivity contribution is -0.130. The Kier molecular flexibility index (Phi) is 5.94. The minimum atomic E-state index is 0.0365. The number of Topliss-reactive ketones (excluding diaryl/α,β-unsaturated/α-hetero) is 1. The minimum absolute atomic E-state index is 0.0365. The molecule has 23 heavy (non-hydrogen) atoms. The zero-order chi connectivity index (χ0) is 16.9. The zero-order valence-corrected chi connectivity index (χ0v) is 14.3. The highest BCUT2D eigenvalue weighted by Gasteiger charge is 2.34. The predicted octanol–water partition coefficient (Wildman–Crippen LogP) is 2.80. The lowest BCUT2D eigenvalue weighted by atomic mass is 9.90. The van der Waals surface area contributed by atoms with E-state index >= 15 is 0 Å². The molecule has 2 N–H and O–H groups in total. The molecule has 126 valence electrons. The number of likely N-dealkylation sites (tertiary alicyclic amines) is 1. The van der Waals surface area contributed by atoms with Gasteiger partial charge in [0.2, 0.25) is 5.91 Å². The molecular formula is C19H28N2O2. The Bertz CT molecular complexity index is 553. The molecule has 0 radical (unpaired) electrons. The number of aryl methyl sites for hydroxylation is 1. The fraction of sp³-hybridized carbons (Fsp3) is 0.579. The molecule has 1 aromatic rings. The van der Waals surface area contributed by atoms with Crippen molar-refractivity contribution in [3.8, 4) is 0 Å². The van der Waals surface area contributed by atoms with Crippen LogP contribution in [-0.4, -0.2) is 36.2 Å². The van der Waals surface area contributed by atoms with Gasteiger partial charge in [0.05, 0.1) is 0 Å². The van der Waals surface area contributed by atoms with E-state index in [0.29, 0.717) is 18.7 Å². The maximum Gasteiger partial charge on any atom is 0.223 e. The number of benzene rings is 1. The quantitative estimate of drug-likeness (QED) is 0.787. The van der Waals surface area contributed by atoms with Gasteiger partial charge >= 0.3 is 0 Å². The van der Waals surface area contributed by atoms with Gasteiger partial charge < -0.3 is 10.6 Å². The van der Waals surface area contributed by atoms with Crippen LogP contribution in [0.25, 0.3) is 0 Å². The molecule has 0 spiro atoms. The van der Waals surface area contributed by atoms with Crippen LogP contribution in [0, 0.1) is 5.41 Å². The maximum absolute atomic E-state index is 12.3. The fourth-order valence-corrected chi connectivity index (χ4v) is 3.07. The molecule has 2 rings (SSSR count). The molecule has 1 aliphatic rings. The van der Waals surface area contributed by atoms with Gasteiger partial charge in [0, 0.05) is 31.5 Å². The van der Waals surface area contributed by atoms with Crippen LogP contribution in [0.4, 0.5) is 0 Å². The van der Waals surface area contributed by atoms with Crippen LogP contribution in [0.1, 0.15) is 55.5 Å².